The monoisotopic (exact) mass is 286 g/mol. The maximum absolute atomic E-state index is 12.4. The molecule has 0 heterocycles. The minimum atomic E-state index is -2.82. The lowest BCUT2D eigenvalue weighted by Gasteiger charge is -2.13. The Hall–Kier alpha value is -2.34. The van der Waals surface area contributed by atoms with Crippen molar-refractivity contribution in [1.82, 2.24) is 0 Å². The maximum atomic E-state index is 12.4. The molecule has 0 spiro atoms. The van der Waals surface area contributed by atoms with Crippen molar-refractivity contribution < 1.29 is 13.5 Å². The van der Waals surface area contributed by atoms with Crippen LogP contribution in [0.4, 0.5) is 8.78 Å². The molecule has 0 N–H and O–H groups in total. The Balaban J connectivity index is 2.30. The summed E-state index contributed by atoms with van der Waals surface area (Å²) in [4.78, 5) is 0. The van der Waals surface area contributed by atoms with Crippen molar-refractivity contribution in [3.05, 3.63) is 65.2 Å². The van der Waals surface area contributed by atoms with E-state index >= 15 is 0 Å². The van der Waals surface area contributed by atoms with E-state index in [4.69, 9.17) is 0 Å². The van der Waals surface area contributed by atoms with E-state index in [1.165, 1.54) is 0 Å². The summed E-state index contributed by atoms with van der Waals surface area (Å²) >= 11 is 0. The third kappa shape index (κ3) is 4.32. The van der Waals surface area contributed by atoms with Crippen LogP contribution >= 0.6 is 0 Å². The SMILES string of the molecule is CC(C)c1cc(C#Cc2ccccc2)ccc1OC(F)F. The Kier molecular flexibility index (Phi) is 4.94. The number of rotatable bonds is 3. The summed E-state index contributed by atoms with van der Waals surface area (Å²) in [5.41, 5.74) is 2.43. The standard InChI is InChI=1S/C18H16F2O/c1-13(2)16-12-15(10-11-17(16)21-18(19)20)9-8-14-6-4-3-5-7-14/h3-7,10-13,18H,1-2H3. The van der Waals surface area contributed by atoms with Gasteiger partial charge >= 0.3 is 6.61 Å². The molecule has 0 saturated heterocycles. The summed E-state index contributed by atoms with van der Waals surface area (Å²) in [7, 11) is 0. The van der Waals surface area contributed by atoms with Gasteiger partial charge in [0.2, 0.25) is 0 Å². The number of hydrogen-bond acceptors (Lipinski definition) is 1. The lowest BCUT2D eigenvalue weighted by molar-refractivity contribution is -0.0505. The van der Waals surface area contributed by atoms with Gasteiger partial charge in [-0.2, -0.15) is 8.78 Å². The van der Waals surface area contributed by atoms with Gasteiger partial charge in [0, 0.05) is 11.1 Å². The van der Waals surface area contributed by atoms with Gasteiger partial charge in [-0.1, -0.05) is 43.9 Å². The Morgan fingerprint density at radius 2 is 1.57 bits per heavy atom. The molecule has 0 radical (unpaired) electrons. The highest BCUT2D eigenvalue weighted by molar-refractivity contribution is 5.48. The van der Waals surface area contributed by atoms with E-state index in [0.29, 0.717) is 0 Å². The van der Waals surface area contributed by atoms with E-state index in [-0.39, 0.29) is 11.7 Å². The molecular formula is C18H16F2O. The van der Waals surface area contributed by atoms with Gasteiger partial charge in [0.15, 0.2) is 0 Å². The minimum absolute atomic E-state index is 0.0808. The second-order valence-corrected chi connectivity index (χ2v) is 4.90. The number of hydrogen-bond donors (Lipinski definition) is 0. The van der Waals surface area contributed by atoms with Gasteiger partial charge in [-0.05, 0) is 41.8 Å². The highest BCUT2D eigenvalue weighted by atomic mass is 19.3. The van der Waals surface area contributed by atoms with Crippen LogP contribution in [0.15, 0.2) is 48.5 Å². The number of halogens is 2. The predicted octanol–water partition coefficient (Wildman–Crippen LogP) is 4.81. The molecule has 0 fully saturated rings. The molecule has 1 nitrogen and oxygen atoms in total. The molecule has 3 heteroatoms. The average molecular weight is 286 g/mol. The zero-order chi connectivity index (χ0) is 15.2. The molecule has 0 unspecified atom stereocenters. The molecule has 0 bridgehead atoms. The van der Waals surface area contributed by atoms with Crippen molar-refractivity contribution in [2.24, 2.45) is 0 Å². The second-order valence-electron chi connectivity index (χ2n) is 4.90. The Morgan fingerprint density at radius 3 is 2.19 bits per heavy atom. The van der Waals surface area contributed by atoms with Crippen LogP contribution < -0.4 is 4.74 Å². The topological polar surface area (TPSA) is 9.23 Å². The van der Waals surface area contributed by atoms with Gasteiger partial charge in [-0.3, -0.25) is 0 Å². The smallest absolute Gasteiger partial charge is 0.387 e. The van der Waals surface area contributed by atoms with Crippen LogP contribution in [-0.4, -0.2) is 6.61 Å². The highest BCUT2D eigenvalue weighted by Gasteiger charge is 2.12. The fourth-order valence-corrected chi connectivity index (χ4v) is 1.95. The zero-order valence-electron chi connectivity index (χ0n) is 11.9. The summed E-state index contributed by atoms with van der Waals surface area (Å²) in [6.45, 7) is 1.05. The molecule has 0 aliphatic carbocycles. The average Bonchev–Trinajstić information content (AvgIpc) is 2.46. The molecule has 21 heavy (non-hydrogen) atoms. The van der Waals surface area contributed by atoms with Crippen molar-refractivity contribution in [3.8, 4) is 17.6 Å². The van der Waals surface area contributed by atoms with Crippen molar-refractivity contribution in [3.63, 3.8) is 0 Å². The van der Waals surface area contributed by atoms with Crippen LogP contribution in [0.5, 0.6) is 5.75 Å². The highest BCUT2D eigenvalue weighted by Crippen LogP contribution is 2.28. The van der Waals surface area contributed by atoms with Gasteiger partial charge in [-0.15, -0.1) is 0 Å². The van der Waals surface area contributed by atoms with E-state index in [9.17, 15) is 8.78 Å². The molecule has 2 rings (SSSR count). The van der Waals surface area contributed by atoms with Crippen LogP contribution in [0, 0.1) is 11.8 Å². The predicted molar refractivity (Wildman–Crippen MR) is 79.6 cm³/mol. The van der Waals surface area contributed by atoms with E-state index in [0.717, 1.165) is 16.7 Å². The van der Waals surface area contributed by atoms with E-state index in [2.05, 4.69) is 16.6 Å². The maximum Gasteiger partial charge on any atom is 0.387 e. The summed E-state index contributed by atoms with van der Waals surface area (Å²) < 4.78 is 29.3. The first-order valence-corrected chi connectivity index (χ1v) is 6.72. The van der Waals surface area contributed by atoms with E-state index in [1.54, 1.807) is 18.2 Å². The molecule has 2 aromatic rings. The van der Waals surface area contributed by atoms with Gasteiger partial charge in [-0.25, -0.2) is 0 Å². The molecule has 0 aromatic heterocycles. The summed E-state index contributed by atoms with van der Waals surface area (Å²) in [6, 6.07) is 14.7. The van der Waals surface area contributed by atoms with Crippen LogP contribution in [0.3, 0.4) is 0 Å². The molecule has 0 saturated carbocycles. The quantitative estimate of drug-likeness (QED) is 0.736. The van der Waals surface area contributed by atoms with Gasteiger partial charge in [0.25, 0.3) is 0 Å². The Bertz CT molecular complexity index is 652. The largest absolute Gasteiger partial charge is 0.435 e. The summed E-state index contributed by atoms with van der Waals surface area (Å²) in [6.07, 6.45) is 0. The minimum Gasteiger partial charge on any atom is -0.435 e. The lowest BCUT2D eigenvalue weighted by atomic mass is 9.99. The van der Waals surface area contributed by atoms with Crippen molar-refractivity contribution >= 4 is 0 Å². The third-order valence-electron chi connectivity index (χ3n) is 2.97. The number of benzene rings is 2. The fourth-order valence-electron chi connectivity index (χ4n) is 1.95. The van der Waals surface area contributed by atoms with Crippen LogP contribution in [-0.2, 0) is 0 Å². The van der Waals surface area contributed by atoms with Crippen LogP contribution in [0.2, 0.25) is 0 Å². The van der Waals surface area contributed by atoms with Gasteiger partial charge in [0.05, 0.1) is 0 Å². The normalized spacial score (nSPS) is 10.4. The van der Waals surface area contributed by atoms with Crippen LogP contribution in [0.1, 0.15) is 36.5 Å². The zero-order valence-corrected chi connectivity index (χ0v) is 11.9. The Morgan fingerprint density at radius 1 is 0.905 bits per heavy atom. The molecule has 0 aliphatic rings. The van der Waals surface area contributed by atoms with E-state index < -0.39 is 6.61 Å². The summed E-state index contributed by atoms with van der Waals surface area (Å²) in [5.74, 6) is 6.39. The summed E-state index contributed by atoms with van der Waals surface area (Å²) in [5, 5.41) is 0. The van der Waals surface area contributed by atoms with Gasteiger partial charge < -0.3 is 4.74 Å². The molecule has 108 valence electrons. The number of alkyl halides is 2. The van der Waals surface area contributed by atoms with Gasteiger partial charge in [0.1, 0.15) is 5.75 Å². The molecule has 0 atom stereocenters. The first-order chi connectivity index (χ1) is 10.1. The first kappa shape index (κ1) is 15.1. The lowest BCUT2D eigenvalue weighted by Crippen LogP contribution is -2.05. The van der Waals surface area contributed by atoms with Crippen molar-refractivity contribution in [2.45, 2.75) is 26.4 Å². The molecular weight excluding hydrogens is 270 g/mol. The van der Waals surface area contributed by atoms with Crippen LogP contribution in [0.25, 0.3) is 0 Å². The first-order valence-electron chi connectivity index (χ1n) is 6.72. The molecule has 0 aliphatic heterocycles. The third-order valence-corrected chi connectivity index (χ3v) is 2.97. The molecule has 2 aromatic carbocycles. The fraction of sp³-hybridized carbons (Fsp3) is 0.222. The van der Waals surface area contributed by atoms with Crippen molar-refractivity contribution in [2.75, 3.05) is 0 Å². The number of ether oxygens (including phenoxy) is 1. The Labute approximate surface area is 123 Å². The molecule has 0 amide bonds. The van der Waals surface area contributed by atoms with E-state index in [1.807, 2.05) is 44.2 Å². The second kappa shape index (κ2) is 6.90. The van der Waals surface area contributed by atoms with Crippen molar-refractivity contribution in [1.29, 1.82) is 0 Å².